The van der Waals surface area contributed by atoms with Crippen LogP contribution >= 0.6 is 80.3 Å². The van der Waals surface area contributed by atoms with Crippen molar-refractivity contribution in [1.29, 1.82) is 0 Å². The van der Waals surface area contributed by atoms with Crippen molar-refractivity contribution in [3.63, 3.8) is 0 Å². The molecule has 11 heteroatoms. The van der Waals surface area contributed by atoms with E-state index in [9.17, 15) is 0 Å². The highest BCUT2D eigenvalue weighted by Crippen LogP contribution is 2.50. The normalized spacial score (nSPS) is 12.7. The topological polar surface area (TPSA) is 51.6 Å². The van der Waals surface area contributed by atoms with Crippen LogP contribution in [0, 0.1) is 11.8 Å². The lowest BCUT2D eigenvalue weighted by atomic mass is 9.91. The van der Waals surface area contributed by atoms with Crippen LogP contribution in [0.1, 0.15) is 345 Å². The lowest BCUT2D eigenvalue weighted by Crippen LogP contribution is -2.05. The van der Waals surface area contributed by atoms with Crippen molar-refractivity contribution in [2.75, 3.05) is 0 Å². The molecule has 0 radical (unpaired) electrons. The molecule has 0 saturated carbocycles. The Labute approximate surface area is 585 Å². The van der Waals surface area contributed by atoms with Gasteiger partial charge in [0.15, 0.2) is 0 Å². The molecule has 0 aliphatic carbocycles. The van der Waals surface area contributed by atoms with Crippen molar-refractivity contribution in [1.82, 2.24) is 18.7 Å². The number of thiophene rings is 4. The van der Waals surface area contributed by atoms with Gasteiger partial charge in [-0.15, -0.1) is 45.3 Å². The van der Waals surface area contributed by atoms with Crippen molar-refractivity contribution in [3.8, 4) is 42.0 Å². The maximum absolute atomic E-state index is 7.60. The Balaban J connectivity index is 1.31. The molecule has 0 spiro atoms. The number of aromatic nitrogens is 4. The summed E-state index contributed by atoms with van der Waals surface area (Å²) in [7, 11) is 0. The Morgan fingerprint density at radius 2 is 0.615 bits per heavy atom. The van der Waals surface area contributed by atoms with E-state index in [1.165, 1.54) is 325 Å². The van der Waals surface area contributed by atoms with E-state index in [0.29, 0.717) is 11.8 Å². The average molecular weight is 1370 g/mol. The first-order valence-corrected chi connectivity index (χ1v) is 42.9. The third kappa shape index (κ3) is 25.9. The minimum atomic E-state index is 0.618. The fourth-order valence-corrected chi connectivity index (χ4v) is 19.5. The minimum absolute atomic E-state index is 0.618. The minimum Gasteiger partial charge on any atom is -0.242 e. The van der Waals surface area contributed by atoms with Crippen molar-refractivity contribution in [2.24, 2.45) is 11.8 Å². The molecule has 7 rings (SSSR count). The van der Waals surface area contributed by atoms with Gasteiger partial charge in [0.25, 0.3) is 0 Å². The van der Waals surface area contributed by atoms with Gasteiger partial charge in [-0.3, -0.25) is 0 Å². The second-order valence-electron chi connectivity index (χ2n) is 27.5. The standard InChI is InChI=1S/C80H122Cl2N4S5/c1-7-13-19-25-29-31-33-35-39-45-51-63-55-69(87-59-63)73-77-78(74(80-79(73)85-91-86-80)70-56-64(60-88-70)52-46-40-36-34-32-30-26-20-14-8-2)84-76(72-58-66(82)68(90-72)54-62(48-42-24-18-12-6)50-44-38-28-22-16-10-4)75(83-77)71-57-65(81)67(89-71)53-61(47-41-23-17-11-5)49-43-37-27-21-15-9-3/h55-62H,7-54H2,1-6H3. The van der Waals surface area contributed by atoms with Crippen LogP contribution in [0.5, 0.6) is 0 Å². The molecule has 0 saturated heterocycles. The van der Waals surface area contributed by atoms with Gasteiger partial charge in [-0.05, 0) is 96.5 Å². The summed E-state index contributed by atoms with van der Waals surface area (Å²) < 4.78 is 10.5. The molecule has 6 aromatic heterocycles. The monoisotopic (exact) mass is 1370 g/mol. The first-order chi connectivity index (χ1) is 44.8. The predicted molar refractivity (Wildman–Crippen MR) is 413 cm³/mol. The summed E-state index contributed by atoms with van der Waals surface area (Å²) in [5.74, 6) is 1.24. The summed E-state index contributed by atoms with van der Waals surface area (Å²) >= 11 is 24.0. The van der Waals surface area contributed by atoms with E-state index in [1.807, 2.05) is 45.3 Å². The van der Waals surface area contributed by atoms with E-state index in [2.05, 4.69) is 76.6 Å². The van der Waals surface area contributed by atoms with E-state index >= 15 is 0 Å². The van der Waals surface area contributed by atoms with E-state index < -0.39 is 0 Å². The summed E-state index contributed by atoms with van der Waals surface area (Å²) in [4.78, 5) is 19.4. The number of fused-ring (bicyclic) bond motifs is 2. The molecule has 0 fully saturated rings. The first-order valence-electron chi connectivity index (χ1n) is 38.0. The van der Waals surface area contributed by atoms with Gasteiger partial charge in [-0.25, -0.2) is 9.97 Å². The number of unbranched alkanes of at least 4 members (excludes halogenated alkanes) is 34. The smallest absolute Gasteiger partial charge is 0.116 e. The Kier molecular flexibility index (Phi) is 37.9. The highest BCUT2D eigenvalue weighted by Gasteiger charge is 2.29. The highest BCUT2D eigenvalue weighted by atomic mass is 35.5. The Hall–Kier alpha value is -2.24. The van der Waals surface area contributed by atoms with E-state index in [-0.39, 0.29) is 0 Å². The number of halogens is 2. The van der Waals surface area contributed by atoms with Crippen LogP contribution in [0.2, 0.25) is 10.0 Å². The molecule has 7 aromatic rings. The number of hydrogen-bond acceptors (Lipinski definition) is 9. The summed E-state index contributed by atoms with van der Waals surface area (Å²) in [6, 6.07) is 9.41. The zero-order chi connectivity index (χ0) is 64.1. The van der Waals surface area contributed by atoms with Gasteiger partial charge in [-0.2, -0.15) is 8.75 Å². The second kappa shape index (κ2) is 45.3. The summed E-state index contributed by atoms with van der Waals surface area (Å²) in [5, 5.41) is 6.57. The van der Waals surface area contributed by atoms with Crippen molar-refractivity contribution in [2.45, 2.75) is 350 Å². The number of aryl methyl sites for hydroxylation is 2. The predicted octanol–water partition coefficient (Wildman–Crippen LogP) is 30.5. The molecule has 2 atom stereocenters. The van der Waals surface area contributed by atoms with Gasteiger partial charge >= 0.3 is 0 Å². The van der Waals surface area contributed by atoms with Crippen LogP contribution in [0.15, 0.2) is 35.0 Å². The Morgan fingerprint density at radius 3 is 0.934 bits per heavy atom. The number of nitrogens with zero attached hydrogens (tertiary/aromatic N) is 4. The maximum Gasteiger partial charge on any atom is 0.116 e. The van der Waals surface area contributed by atoms with Crippen LogP contribution in [0.4, 0.5) is 0 Å². The van der Waals surface area contributed by atoms with E-state index in [0.717, 1.165) is 90.1 Å². The molecule has 4 nitrogen and oxygen atoms in total. The molecule has 506 valence electrons. The SMILES string of the molecule is CCCCCCCCCCCCc1csc(-c2c3nsnc3c(-c3cc(CCCCCCCCCCCC)cs3)c3nc(-c4cc(Cl)c(CC(CCCCCC)CCCCCCCC)s4)c(-c4cc(Cl)c(CC(CCCCCC)CCCCCCCC)s4)nc23)c1. The molecule has 0 bridgehead atoms. The van der Waals surface area contributed by atoms with Crippen molar-refractivity contribution >= 4 is 102 Å². The molecule has 0 N–H and O–H groups in total. The number of rotatable bonds is 54. The number of hydrogen-bond donors (Lipinski definition) is 0. The molecular formula is C80H122Cl2N4S5. The molecular weight excluding hydrogens is 1250 g/mol. The van der Waals surface area contributed by atoms with Crippen LogP contribution in [0.25, 0.3) is 64.1 Å². The number of benzene rings is 1. The molecule has 6 heterocycles. The Morgan fingerprint density at radius 1 is 0.330 bits per heavy atom. The van der Waals surface area contributed by atoms with E-state index in [1.54, 1.807) is 0 Å². The molecule has 1 aromatic carbocycles. The third-order valence-electron chi connectivity index (χ3n) is 19.6. The van der Waals surface area contributed by atoms with Crippen LogP contribution < -0.4 is 0 Å². The molecule has 2 unspecified atom stereocenters. The lowest BCUT2D eigenvalue weighted by molar-refractivity contribution is 0.404. The third-order valence-corrected chi connectivity index (χ3v) is 25.3. The van der Waals surface area contributed by atoms with Gasteiger partial charge < -0.3 is 0 Å². The Bertz CT molecular complexity index is 2840. The van der Waals surface area contributed by atoms with Crippen molar-refractivity contribution in [3.05, 3.63) is 66.0 Å². The average Bonchev–Trinajstić information content (AvgIpc) is 1.72. The molecule has 0 aliphatic rings. The fourth-order valence-electron chi connectivity index (χ4n) is 13.9. The summed E-state index contributed by atoms with van der Waals surface area (Å²) in [5.41, 5.74) is 10.5. The van der Waals surface area contributed by atoms with Gasteiger partial charge in [0.1, 0.15) is 33.5 Å². The van der Waals surface area contributed by atoms with Gasteiger partial charge in [0.2, 0.25) is 0 Å². The molecule has 91 heavy (non-hydrogen) atoms. The molecule has 0 amide bonds. The first kappa shape index (κ1) is 76.1. The highest BCUT2D eigenvalue weighted by molar-refractivity contribution is 7.17. The second-order valence-corrected chi connectivity index (χ2v) is 33.0. The van der Waals surface area contributed by atoms with Gasteiger partial charge in [0, 0.05) is 30.6 Å². The maximum atomic E-state index is 7.60. The summed E-state index contributed by atoms with van der Waals surface area (Å²) in [6.45, 7) is 13.9. The zero-order valence-electron chi connectivity index (χ0n) is 58.1. The van der Waals surface area contributed by atoms with Gasteiger partial charge in [0.05, 0.1) is 31.5 Å². The quantitative estimate of drug-likeness (QED) is 0.0357. The van der Waals surface area contributed by atoms with Gasteiger partial charge in [-0.1, -0.05) is 334 Å². The van der Waals surface area contributed by atoms with Crippen LogP contribution in [-0.2, 0) is 25.7 Å². The summed E-state index contributed by atoms with van der Waals surface area (Å²) in [6.07, 6.45) is 62.5. The molecule has 0 aliphatic heterocycles. The van der Waals surface area contributed by atoms with E-state index in [4.69, 9.17) is 41.9 Å². The zero-order valence-corrected chi connectivity index (χ0v) is 63.7. The lowest BCUT2D eigenvalue weighted by Gasteiger charge is -2.17. The van der Waals surface area contributed by atoms with Crippen molar-refractivity contribution < 1.29 is 0 Å². The fraction of sp³-hybridized carbons (Fsp3) is 0.700. The van der Waals surface area contributed by atoms with Crippen LogP contribution in [0.3, 0.4) is 0 Å². The largest absolute Gasteiger partial charge is 0.242 e. The van der Waals surface area contributed by atoms with Crippen LogP contribution in [-0.4, -0.2) is 18.7 Å².